The second-order valence-electron chi connectivity index (χ2n) is 6.43. The monoisotopic (exact) mass is 270 g/mol. The van der Waals surface area contributed by atoms with Crippen molar-refractivity contribution < 1.29 is 14.3 Å². The van der Waals surface area contributed by atoms with E-state index in [1.54, 1.807) is 4.90 Å². The van der Waals surface area contributed by atoms with E-state index in [1.165, 1.54) is 0 Å². The Hall–Kier alpha value is -1.26. The molecule has 5 nitrogen and oxygen atoms in total. The maximum absolute atomic E-state index is 12.0. The predicted molar refractivity (Wildman–Crippen MR) is 73.8 cm³/mol. The highest BCUT2D eigenvalue weighted by atomic mass is 16.6. The van der Waals surface area contributed by atoms with Crippen LogP contribution in [0.3, 0.4) is 0 Å². The van der Waals surface area contributed by atoms with Crippen LogP contribution in [0.2, 0.25) is 0 Å². The van der Waals surface area contributed by atoms with E-state index < -0.39 is 5.60 Å². The summed E-state index contributed by atoms with van der Waals surface area (Å²) in [5, 5.41) is 2.98. The molecule has 0 aromatic heterocycles. The molecule has 0 bridgehead atoms. The quantitative estimate of drug-likeness (QED) is 0.836. The molecule has 1 N–H and O–H groups in total. The fourth-order valence-electron chi connectivity index (χ4n) is 1.96. The van der Waals surface area contributed by atoms with Gasteiger partial charge in [-0.15, -0.1) is 0 Å². The Labute approximate surface area is 115 Å². The van der Waals surface area contributed by atoms with Crippen LogP contribution in [0.25, 0.3) is 0 Å². The molecule has 0 aliphatic carbocycles. The number of nitrogens with one attached hydrogen (secondary N) is 1. The first kappa shape index (κ1) is 15.8. The lowest BCUT2D eigenvalue weighted by molar-refractivity contribution is -0.125. The maximum atomic E-state index is 12.0. The zero-order valence-corrected chi connectivity index (χ0v) is 12.7. The van der Waals surface area contributed by atoms with Crippen molar-refractivity contribution in [1.29, 1.82) is 0 Å². The Balaban J connectivity index is 2.50. The van der Waals surface area contributed by atoms with E-state index >= 15 is 0 Å². The highest BCUT2D eigenvalue weighted by Gasteiger charge is 2.28. The number of carbonyl (C=O) groups is 2. The molecule has 1 aliphatic rings. The molecule has 1 rings (SSSR count). The van der Waals surface area contributed by atoms with Crippen LogP contribution in [0.4, 0.5) is 4.79 Å². The average molecular weight is 270 g/mol. The molecule has 1 unspecified atom stereocenters. The van der Waals surface area contributed by atoms with Crippen molar-refractivity contribution in [3.05, 3.63) is 0 Å². The van der Waals surface area contributed by atoms with E-state index in [0.717, 1.165) is 12.8 Å². The predicted octanol–water partition coefficient (Wildman–Crippen LogP) is 2.16. The Bertz CT molecular complexity index is 334. The Morgan fingerprint density at radius 1 is 1.32 bits per heavy atom. The van der Waals surface area contributed by atoms with Crippen LogP contribution in [0.5, 0.6) is 0 Å². The van der Waals surface area contributed by atoms with Gasteiger partial charge in [-0.2, -0.15) is 0 Å². The van der Waals surface area contributed by atoms with E-state index in [4.69, 9.17) is 4.74 Å². The van der Waals surface area contributed by atoms with Crippen LogP contribution >= 0.6 is 0 Å². The van der Waals surface area contributed by atoms with Crippen LogP contribution in [0.15, 0.2) is 0 Å². The minimum Gasteiger partial charge on any atom is -0.444 e. The number of nitrogens with zero attached hydrogens (tertiary/aromatic N) is 1. The van der Waals surface area contributed by atoms with Gasteiger partial charge in [-0.3, -0.25) is 4.79 Å². The average Bonchev–Trinajstić information content (AvgIpc) is 2.27. The summed E-state index contributed by atoms with van der Waals surface area (Å²) in [6.45, 7) is 10.5. The third-order valence-corrected chi connectivity index (χ3v) is 2.94. The molecule has 0 spiro atoms. The van der Waals surface area contributed by atoms with Crippen LogP contribution in [0.1, 0.15) is 47.5 Å². The zero-order chi connectivity index (χ0) is 14.6. The smallest absolute Gasteiger partial charge is 0.410 e. The minimum absolute atomic E-state index is 0.0306. The summed E-state index contributed by atoms with van der Waals surface area (Å²) in [5.74, 6) is 0.00735. The molecule has 1 saturated heterocycles. The zero-order valence-electron chi connectivity index (χ0n) is 12.7. The molecule has 1 fully saturated rings. The molecular formula is C14H26N2O3. The topological polar surface area (TPSA) is 58.6 Å². The fraction of sp³-hybridized carbons (Fsp3) is 0.857. The number of ether oxygens (including phenoxy) is 1. The molecule has 1 aliphatic heterocycles. The van der Waals surface area contributed by atoms with Crippen LogP contribution in [-0.2, 0) is 9.53 Å². The van der Waals surface area contributed by atoms with E-state index in [-0.39, 0.29) is 24.0 Å². The Morgan fingerprint density at radius 3 is 2.47 bits per heavy atom. The van der Waals surface area contributed by atoms with Crippen molar-refractivity contribution in [1.82, 2.24) is 10.2 Å². The van der Waals surface area contributed by atoms with Crippen molar-refractivity contribution in [2.45, 2.75) is 59.1 Å². The van der Waals surface area contributed by atoms with Gasteiger partial charge in [-0.25, -0.2) is 4.79 Å². The summed E-state index contributed by atoms with van der Waals surface area (Å²) in [4.78, 5) is 25.3. The lowest BCUT2D eigenvalue weighted by Gasteiger charge is -2.34. The highest BCUT2D eigenvalue weighted by Crippen LogP contribution is 2.15. The number of amides is 2. The molecule has 5 heteroatoms. The molecule has 0 radical (unpaired) electrons. The van der Waals surface area contributed by atoms with E-state index in [9.17, 15) is 9.59 Å². The fourth-order valence-corrected chi connectivity index (χ4v) is 1.96. The summed E-state index contributed by atoms with van der Waals surface area (Å²) >= 11 is 0. The number of hydrogen-bond acceptors (Lipinski definition) is 3. The van der Waals surface area contributed by atoms with Gasteiger partial charge in [0.15, 0.2) is 0 Å². The Kier molecular flexibility index (Phi) is 5.20. The van der Waals surface area contributed by atoms with Gasteiger partial charge in [0, 0.05) is 25.0 Å². The first-order valence-electron chi connectivity index (χ1n) is 6.97. The van der Waals surface area contributed by atoms with Crippen molar-refractivity contribution in [3.8, 4) is 0 Å². The SMILES string of the molecule is CC(C)C(=O)NC1CCCN(C(=O)OC(C)(C)C)C1. The van der Waals surface area contributed by atoms with Crippen molar-refractivity contribution in [2.75, 3.05) is 13.1 Å². The number of piperidine rings is 1. The summed E-state index contributed by atoms with van der Waals surface area (Å²) < 4.78 is 5.35. The van der Waals surface area contributed by atoms with Gasteiger partial charge in [0.05, 0.1) is 0 Å². The molecule has 0 saturated carbocycles. The lowest BCUT2D eigenvalue weighted by atomic mass is 10.0. The van der Waals surface area contributed by atoms with Crippen LogP contribution < -0.4 is 5.32 Å². The normalized spacial score (nSPS) is 20.3. The van der Waals surface area contributed by atoms with Crippen LogP contribution in [0, 0.1) is 5.92 Å². The maximum Gasteiger partial charge on any atom is 0.410 e. The molecule has 19 heavy (non-hydrogen) atoms. The lowest BCUT2D eigenvalue weighted by Crippen LogP contribution is -2.51. The van der Waals surface area contributed by atoms with E-state index in [2.05, 4.69) is 5.32 Å². The standard InChI is InChI=1S/C14H26N2O3/c1-10(2)12(17)15-11-7-6-8-16(9-11)13(18)19-14(3,4)5/h10-11H,6-9H2,1-5H3,(H,15,17). The summed E-state index contributed by atoms with van der Waals surface area (Å²) in [5.41, 5.74) is -0.481. The third-order valence-electron chi connectivity index (χ3n) is 2.94. The molecule has 0 aromatic carbocycles. The van der Waals surface area contributed by atoms with Crippen molar-refractivity contribution in [2.24, 2.45) is 5.92 Å². The number of rotatable bonds is 2. The first-order chi connectivity index (χ1) is 8.69. The molecule has 110 valence electrons. The Morgan fingerprint density at radius 2 is 1.95 bits per heavy atom. The highest BCUT2D eigenvalue weighted by molar-refractivity contribution is 5.78. The second kappa shape index (κ2) is 6.26. The van der Waals surface area contributed by atoms with Gasteiger partial charge >= 0.3 is 6.09 Å². The number of hydrogen-bond donors (Lipinski definition) is 1. The van der Waals surface area contributed by atoms with Gasteiger partial charge in [0.1, 0.15) is 5.60 Å². The molecule has 0 aromatic rings. The van der Waals surface area contributed by atoms with Gasteiger partial charge in [0.2, 0.25) is 5.91 Å². The second-order valence-corrected chi connectivity index (χ2v) is 6.43. The van der Waals surface area contributed by atoms with Gasteiger partial charge in [0.25, 0.3) is 0 Å². The summed E-state index contributed by atoms with van der Waals surface area (Å²) in [6.07, 6.45) is 1.51. The van der Waals surface area contributed by atoms with Gasteiger partial charge < -0.3 is 15.0 Å². The van der Waals surface area contributed by atoms with Crippen molar-refractivity contribution >= 4 is 12.0 Å². The number of carbonyl (C=O) groups excluding carboxylic acids is 2. The van der Waals surface area contributed by atoms with Gasteiger partial charge in [-0.05, 0) is 33.6 Å². The summed E-state index contributed by atoms with van der Waals surface area (Å²) in [6, 6.07) is 0.0381. The first-order valence-corrected chi connectivity index (χ1v) is 6.97. The summed E-state index contributed by atoms with van der Waals surface area (Å²) in [7, 11) is 0. The minimum atomic E-state index is -0.481. The van der Waals surface area contributed by atoms with E-state index in [0.29, 0.717) is 13.1 Å². The van der Waals surface area contributed by atoms with Crippen LogP contribution in [-0.4, -0.2) is 41.6 Å². The number of likely N-dealkylation sites (tertiary alicyclic amines) is 1. The van der Waals surface area contributed by atoms with Gasteiger partial charge in [-0.1, -0.05) is 13.8 Å². The molecule has 1 heterocycles. The molecule has 2 amide bonds. The van der Waals surface area contributed by atoms with Crippen molar-refractivity contribution in [3.63, 3.8) is 0 Å². The molecular weight excluding hydrogens is 244 g/mol. The largest absolute Gasteiger partial charge is 0.444 e. The third kappa shape index (κ3) is 5.49. The molecule has 1 atom stereocenters. The van der Waals surface area contributed by atoms with E-state index in [1.807, 2.05) is 34.6 Å².